The van der Waals surface area contributed by atoms with E-state index in [4.69, 9.17) is 16.6 Å². The van der Waals surface area contributed by atoms with Gasteiger partial charge in [-0.25, -0.2) is 0 Å². The maximum Gasteiger partial charge on any atom is 0.320 e. The standard InChI is InChI=1S/C11H16N2O2/c12-9(6-7-10(13)11(14)15)8-4-2-1-3-5-8/h1-5,9-10H,6-7,12-13H2,(H,14,15). The summed E-state index contributed by atoms with van der Waals surface area (Å²) < 4.78 is 0. The molecule has 0 saturated heterocycles. The Bertz CT molecular complexity index is 314. The quantitative estimate of drug-likeness (QED) is 0.670. The Morgan fingerprint density at radius 1 is 1.20 bits per heavy atom. The first-order valence-electron chi connectivity index (χ1n) is 4.90. The average molecular weight is 208 g/mol. The van der Waals surface area contributed by atoms with Crippen LogP contribution < -0.4 is 11.5 Å². The van der Waals surface area contributed by atoms with Crippen LogP contribution in [0.5, 0.6) is 0 Å². The fraction of sp³-hybridized carbons (Fsp3) is 0.364. The number of aliphatic carboxylic acids is 1. The van der Waals surface area contributed by atoms with Crippen molar-refractivity contribution in [2.75, 3.05) is 0 Å². The summed E-state index contributed by atoms with van der Waals surface area (Å²) in [5, 5.41) is 8.60. The van der Waals surface area contributed by atoms with Gasteiger partial charge in [-0.3, -0.25) is 4.79 Å². The molecule has 1 aromatic rings. The lowest BCUT2D eigenvalue weighted by molar-refractivity contribution is -0.138. The average Bonchev–Trinajstić information content (AvgIpc) is 2.26. The summed E-state index contributed by atoms with van der Waals surface area (Å²) in [4.78, 5) is 10.5. The molecule has 0 saturated carbocycles. The normalized spacial score (nSPS) is 14.5. The zero-order valence-corrected chi connectivity index (χ0v) is 8.47. The van der Waals surface area contributed by atoms with Crippen LogP contribution in [0.25, 0.3) is 0 Å². The second-order valence-electron chi connectivity index (χ2n) is 3.54. The Balaban J connectivity index is 2.43. The number of hydrogen-bond donors (Lipinski definition) is 3. The van der Waals surface area contributed by atoms with Gasteiger partial charge in [-0.15, -0.1) is 0 Å². The van der Waals surface area contributed by atoms with Crippen LogP contribution in [0, 0.1) is 0 Å². The molecule has 1 aromatic carbocycles. The third-order valence-corrected chi connectivity index (χ3v) is 2.33. The topological polar surface area (TPSA) is 89.3 Å². The van der Waals surface area contributed by atoms with E-state index in [1.165, 1.54) is 0 Å². The highest BCUT2D eigenvalue weighted by Gasteiger charge is 2.13. The molecule has 0 aliphatic heterocycles. The van der Waals surface area contributed by atoms with E-state index in [1.807, 2.05) is 30.3 Å². The van der Waals surface area contributed by atoms with Crippen LogP contribution in [0.4, 0.5) is 0 Å². The minimum atomic E-state index is -0.977. The summed E-state index contributed by atoms with van der Waals surface area (Å²) >= 11 is 0. The van der Waals surface area contributed by atoms with Gasteiger partial charge in [-0.2, -0.15) is 0 Å². The van der Waals surface area contributed by atoms with E-state index in [1.54, 1.807) is 0 Å². The van der Waals surface area contributed by atoms with Crippen LogP contribution >= 0.6 is 0 Å². The van der Waals surface area contributed by atoms with Gasteiger partial charge in [0.1, 0.15) is 6.04 Å². The lowest BCUT2D eigenvalue weighted by atomic mass is 10.0. The highest BCUT2D eigenvalue weighted by molar-refractivity contribution is 5.72. The second kappa shape index (κ2) is 5.48. The Labute approximate surface area is 88.9 Å². The number of carboxylic acids is 1. The summed E-state index contributed by atoms with van der Waals surface area (Å²) in [7, 11) is 0. The molecule has 0 aromatic heterocycles. The first-order chi connectivity index (χ1) is 7.11. The third-order valence-electron chi connectivity index (χ3n) is 2.33. The van der Waals surface area contributed by atoms with Crippen LogP contribution in [0.1, 0.15) is 24.4 Å². The lowest BCUT2D eigenvalue weighted by Gasteiger charge is -2.13. The van der Waals surface area contributed by atoms with Gasteiger partial charge in [-0.05, 0) is 18.4 Å². The molecule has 82 valence electrons. The molecule has 0 aliphatic rings. The molecule has 0 bridgehead atoms. The van der Waals surface area contributed by atoms with Gasteiger partial charge < -0.3 is 16.6 Å². The summed E-state index contributed by atoms with van der Waals surface area (Å²) in [6.07, 6.45) is 0.975. The van der Waals surface area contributed by atoms with Crippen LogP contribution in [0.15, 0.2) is 30.3 Å². The third kappa shape index (κ3) is 3.69. The molecule has 5 N–H and O–H groups in total. The molecule has 15 heavy (non-hydrogen) atoms. The van der Waals surface area contributed by atoms with Crippen molar-refractivity contribution >= 4 is 5.97 Å². The lowest BCUT2D eigenvalue weighted by Crippen LogP contribution is -2.31. The van der Waals surface area contributed by atoms with Gasteiger partial charge >= 0.3 is 5.97 Å². The van der Waals surface area contributed by atoms with Crippen LogP contribution in [-0.4, -0.2) is 17.1 Å². The van der Waals surface area contributed by atoms with E-state index < -0.39 is 12.0 Å². The van der Waals surface area contributed by atoms with Gasteiger partial charge in [0.05, 0.1) is 0 Å². The SMILES string of the molecule is NC(CCC(N)c1ccccc1)C(=O)O. The molecule has 0 amide bonds. The van der Waals surface area contributed by atoms with E-state index >= 15 is 0 Å². The summed E-state index contributed by atoms with van der Waals surface area (Å²) in [6.45, 7) is 0. The van der Waals surface area contributed by atoms with E-state index in [9.17, 15) is 4.79 Å². The molecular weight excluding hydrogens is 192 g/mol. The maximum atomic E-state index is 10.5. The maximum absolute atomic E-state index is 10.5. The van der Waals surface area contributed by atoms with Crippen LogP contribution in [0.3, 0.4) is 0 Å². The zero-order chi connectivity index (χ0) is 11.3. The minimum Gasteiger partial charge on any atom is -0.480 e. The highest BCUT2D eigenvalue weighted by atomic mass is 16.4. The predicted molar refractivity (Wildman–Crippen MR) is 58.2 cm³/mol. The molecule has 0 aliphatic carbocycles. The molecule has 0 heterocycles. The van der Waals surface area contributed by atoms with Gasteiger partial charge in [0.25, 0.3) is 0 Å². The Kier molecular flexibility index (Phi) is 4.27. The van der Waals surface area contributed by atoms with Crippen molar-refractivity contribution in [1.29, 1.82) is 0 Å². The predicted octanol–water partition coefficient (Wildman–Crippen LogP) is 0.878. The molecule has 0 spiro atoms. The largest absolute Gasteiger partial charge is 0.480 e. The molecule has 2 atom stereocenters. The molecule has 2 unspecified atom stereocenters. The summed E-state index contributed by atoms with van der Waals surface area (Å²) in [5.41, 5.74) is 12.3. The Morgan fingerprint density at radius 3 is 2.33 bits per heavy atom. The highest BCUT2D eigenvalue weighted by Crippen LogP contribution is 2.15. The van der Waals surface area contributed by atoms with Crippen molar-refractivity contribution in [2.45, 2.75) is 24.9 Å². The molecule has 4 nitrogen and oxygen atoms in total. The van der Waals surface area contributed by atoms with Crippen molar-refractivity contribution < 1.29 is 9.90 Å². The van der Waals surface area contributed by atoms with Crippen LogP contribution in [-0.2, 0) is 4.79 Å². The van der Waals surface area contributed by atoms with Gasteiger partial charge in [0.2, 0.25) is 0 Å². The van der Waals surface area contributed by atoms with Gasteiger partial charge in [-0.1, -0.05) is 30.3 Å². The van der Waals surface area contributed by atoms with Crippen molar-refractivity contribution in [3.63, 3.8) is 0 Å². The van der Waals surface area contributed by atoms with E-state index in [2.05, 4.69) is 0 Å². The van der Waals surface area contributed by atoms with Crippen molar-refractivity contribution in [3.05, 3.63) is 35.9 Å². The van der Waals surface area contributed by atoms with Crippen LogP contribution in [0.2, 0.25) is 0 Å². The molecule has 0 fully saturated rings. The fourth-order valence-electron chi connectivity index (χ4n) is 1.35. The monoisotopic (exact) mass is 208 g/mol. The number of hydrogen-bond acceptors (Lipinski definition) is 3. The molecule has 1 rings (SSSR count). The van der Waals surface area contributed by atoms with Crippen molar-refractivity contribution in [3.8, 4) is 0 Å². The number of carbonyl (C=O) groups is 1. The number of nitrogens with two attached hydrogens (primary N) is 2. The minimum absolute atomic E-state index is 0.142. The summed E-state index contributed by atoms with van der Waals surface area (Å²) in [5.74, 6) is -0.977. The first-order valence-corrected chi connectivity index (χ1v) is 4.90. The molecule has 4 heteroatoms. The van der Waals surface area contributed by atoms with Gasteiger partial charge in [0, 0.05) is 6.04 Å². The van der Waals surface area contributed by atoms with Crippen molar-refractivity contribution in [1.82, 2.24) is 0 Å². The van der Waals surface area contributed by atoms with Gasteiger partial charge in [0.15, 0.2) is 0 Å². The van der Waals surface area contributed by atoms with E-state index in [0.717, 1.165) is 5.56 Å². The van der Waals surface area contributed by atoms with E-state index in [-0.39, 0.29) is 6.04 Å². The Hall–Kier alpha value is -1.39. The smallest absolute Gasteiger partial charge is 0.320 e. The summed E-state index contributed by atoms with van der Waals surface area (Å²) in [6, 6.07) is 8.63. The second-order valence-corrected chi connectivity index (χ2v) is 3.54. The zero-order valence-electron chi connectivity index (χ0n) is 8.47. The molecule has 0 radical (unpaired) electrons. The fourth-order valence-corrected chi connectivity index (χ4v) is 1.35. The number of benzene rings is 1. The molecular formula is C11H16N2O2. The number of rotatable bonds is 5. The van der Waals surface area contributed by atoms with Crippen molar-refractivity contribution in [2.24, 2.45) is 11.5 Å². The van der Waals surface area contributed by atoms with E-state index in [0.29, 0.717) is 12.8 Å². The number of carboxylic acid groups (broad SMARTS) is 1. The Morgan fingerprint density at radius 2 is 1.80 bits per heavy atom. The first kappa shape index (κ1) is 11.7.